The second kappa shape index (κ2) is 6.96. The van der Waals surface area contributed by atoms with Gasteiger partial charge < -0.3 is 0 Å². The average molecular weight is 305 g/mol. The Hall–Kier alpha value is -1.25. The summed E-state index contributed by atoms with van der Waals surface area (Å²) in [6, 6.07) is 14.9. The van der Waals surface area contributed by atoms with Crippen LogP contribution in [-0.4, -0.2) is 11.5 Å². The summed E-state index contributed by atoms with van der Waals surface area (Å²) >= 11 is 7.73. The Kier molecular flexibility index (Phi) is 5.27. The van der Waals surface area contributed by atoms with E-state index in [1.54, 1.807) is 24.3 Å². The van der Waals surface area contributed by atoms with Crippen molar-refractivity contribution in [2.75, 3.05) is 5.75 Å². The fraction of sp³-hybridized carbons (Fsp3) is 0.235. The second-order valence-electron chi connectivity index (χ2n) is 4.56. The molecule has 1 nitrogen and oxygen atoms in total. The highest BCUT2D eigenvalue weighted by Gasteiger charge is 2.10. The number of halogens is 1. The van der Waals surface area contributed by atoms with Crippen molar-refractivity contribution in [1.29, 1.82) is 0 Å². The van der Waals surface area contributed by atoms with Crippen LogP contribution in [0.25, 0.3) is 0 Å². The van der Waals surface area contributed by atoms with Crippen molar-refractivity contribution in [3.05, 3.63) is 70.2 Å². The van der Waals surface area contributed by atoms with E-state index in [4.69, 9.17) is 11.6 Å². The molecule has 0 aliphatic rings. The SMILES string of the molecule is CCSC(C)c1ccc(C(=O)c2ccc(Cl)cc2)cc1. The minimum absolute atomic E-state index is 0.0315. The lowest BCUT2D eigenvalue weighted by atomic mass is 10.0. The van der Waals surface area contributed by atoms with Crippen molar-refractivity contribution in [2.24, 2.45) is 0 Å². The number of carbonyl (C=O) groups excluding carboxylic acids is 1. The van der Waals surface area contributed by atoms with Crippen LogP contribution >= 0.6 is 23.4 Å². The number of rotatable bonds is 5. The predicted molar refractivity (Wildman–Crippen MR) is 87.9 cm³/mol. The van der Waals surface area contributed by atoms with Crippen LogP contribution in [0.5, 0.6) is 0 Å². The average Bonchev–Trinajstić information content (AvgIpc) is 2.48. The Labute approximate surface area is 129 Å². The molecule has 3 heteroatoms. The first-order chi connectivity index (χ1) is 9.61. The number of carbonyl (C=O) groups is 1. The molecule has 0 spiro atoms. The van der Waals surface area contributed by atoms with Crippen molar-refractivity contribution >= 4 is 29.1 Å². The minimum atomic E-state index is 0.0315. The third-order valence-electron chi connectivity index (χ3n) is 3.17. The molecule has 0 heterocycles. The summed E-state index contributed by atoms with van der Waals surface area (Å²) in [6.07, 6.45) is 0. The van der Waals surface area contributed by atoms with Gasteiger partial charge in [-0.3, -0.25) is 4.79 Å². The predicted octanol–water partition coefficient (Wildman–Crippen LogP) is 5.39. The first kappa shape index (κ1) is 15.1. The fourth-order valence-corrected chi connectivity index (χ4v) is 3.00. The van der Waals surface area contributed by atoms with Gasteiger partial charge in [-0.2, -0.15) is 11.8 Å². The van der Waals surface area contributed by atoms with E-state index < -0.39 is 0 Å². The van der Waals surface area contributed by atoms with Crippen molar-refractivity contribution in [1.82, 2.24) is 0 Å². The maximum atomic E-state index is 12.3. The zero-order chi connectivity index (χ0) is 14.5. The Bertz CT molecular complexity index is 575. The highest BCUT2D eigenvalue weighted by molar-refractivity contribution is 7.99. The summed E-state index contributed by atoms with van der Waals surface area (Å²) in [7, 11) is 0. The zero-order valence-electron chi connectivity index (χ0n) is 11.6. The van der Waals surface area contributed by atoms with Crippen LogP contribution < -0.4 is 0 Å². The maximum Gasteiger partial charge on any atom is 0.193 e. The van der Waals surface area contributed by atoms with E-state index >= 15 is 0 Å². The molecule has 0 aliphatic carbocycles. The molecular weight excluding hydrogens is 288 g/mol. The van der Waals surface area contributed by atoms with Gasteiger partial charge in [0.2, 0.25) is 0 Å². The molecule has 2 aromatic carbocycles. The van der Waals surface area contributed by atoms with Crippen molar-refractivity contribution in [3.8, 4) is 0 Å². The van der Waals surface area contributed by atoms with Crippen LogP contribution in [0.2, 0.25) is 5.02 Å². The van der Waals surface area contributed by atoms with Gasteiger partial charge in [0.05, 0.1) is 0 Å². The highest BCUT2D eigenvalue weighted by atomic mass is 35.5. The van der Waals surface area contributed by atoms with Crippen LogP contribution in [0.4, 0.5) is 0 Å². The van der Waals surface area contributed by atoms with Gasteiger partial charge >= 0.3 is 0 Å². The van der Waals surface area contributed by atoms with Crippen molar-refractivity contribution in [3.63, 3.8) is 0 Å². The lowest BCUT2D eigenvalue weighted by molar-refractivity contribution is 0.103. The molecule has 0 aliphatic heterocycles. The highest BCUT2D eigenvalue weighted by Crippen LogP contribution is 2.28. The van der Waals surface area contributed by atoms with Gasteiger partial charge in [-0.05, 0) is 42.5 Å². The standard InChI is InChI=1S/C17H17ClOS/c1-3-20-12(2)13-4-6-14(7-5-13)17(19)15-8-10-16(18)11-9-15/h4-12H,3H2,1-2H3. The molecule has 1 unspecified atom stereocenters. The van der Waals surface area contributed by atoms with E-state index in [0.29, 0.717) is 21.4 Å². The normalized spacial score (nSPS) is 12.2. The van der Waals surface area contributed by atoms with E-state index in [9.17, 15) is 4.79 Å². The van der Waals surface area contributed by atoms with Gasteiger partial charge in [-0.25, -0.2) is 0 Å². The number of ketones is 1. The molecule has 0 aromatic heterocycles. The van der Waals surface area contributed by atoms with Crippen LogP contribution in [0, 0.1) is 0 Å². The van der Waals surface area contributed by atoms with E-state index in [1.165, 1.54) is 5.56 Å². The molecule has 0 N–H and O–H groups in total. The quantitative estimate of drug-likeness (QED) is 0.689. The molecular formula is C17H17ClOS. The molecule has 20 heavy (non-hydrogen) atoms. The Balaban J connectivity index is 2.17. The second-order valence-corrected chi connectivity index (χ2v) is 6.61. The maximum absolute atomic E-state index is 12.3. The van der Waals surface area contributed by atoms with Crippen LogP contribution in [0.3, 0.4) is 0 Å². The molecule has 2 rings (SSSR count). The molecule has 104 valence electrons. The van der Waals surface area contributed by atoms with Crippen molar-refractivity contribution < 1.29 is 4.79 Å². The van der Waals surface area contributed by atoms with Crippen molar-refractivity contribution in [2.45, 2.75) is 19.1 Å². The minimum Gasteiger partial charge on any atom is -0.289 e. The van der Waals surface area contributed by atoms with Crippen LogP contribution in [0.15, 0.2) is 48.5 Å². The molecule has 2 aromatic rings. The third-order valence-corrected chi connectivity index (χ3v) is 4.52. The summed E-state index contributed by atoms with van der Waals surface area (Å²) < 4.78 is 0. The summed E-state index contributed by atoms with van der Waals surface area (Å²) in [5.41, 5.74) is 2.63. The summed E-state index contributed by atoms with van der Waals surface area (Å²) in [5.74, 6) is 1.12. The monoisotopic (exact) mass is 304 g/mol. The molecule has 1 atom stereocenters. The first-order valence-corrected chi connectivity index (χ1v) is 8.06. The van der Waals surface area contributed by atoms with E-state index in [0.717, 1.165) is 5.75 Å². The summed E-state index contributed by atoms with van der Waals surface area (Å²) in [5, 5.41) is 1.10. The van der Waals surface area contributed by atoms with Gasteiger partial charge in [0.15, 0.2) is 5.78 Å². The summed E-state index contributed by atoms with van der Waals surface area (Å²) in [6.45, 7) is 4.34. The number of hydrogen-bond donors (Lipinski definition) is 0. The van der Waals surface area contributed by atoms with Crippen LogP contribution in [0.1, 0.15) is 40.6 Å². The van der Waals surface area contributed by atoms with Gasteiger partial charge in [-0.15, -0.1) is 0 Å². The fourth-order valence-electron chi connectivity index (χ4n) is 2.02. The van der Waals surface area contributed by atoms with Gasteiger partial charge in [-0.1, -0.05) is 42.8 Å². The zero-order valence-corrected chi connectivity index (χ0v) is 13.2. The lowest BCUT2D eigenvalue weighted by Crippen LogP contribution is -2.01. The van der Waals surface area contributed by atoms with Gasteiger partial charge in [0, 0.05) is 21.4 Å². The largest absolute Gasteiger partial charge is 0.289 e. The van der Waals surface area contributed by atoms with E-state index in [2.05, 4.69) is 13.8 Å². The molecule has 0 radical (unpaired) electrons. The third kappa shape index (κ3) is 3.65. The molecule has 0 amide bonds. The number of benzene rings is 2. The molecule has 0 saturated carbocycles. The number of thioether (sulfide) groups is 1. The van der Waals surface area contributed by atoms with Crippen LogP contribution in [-0.2, 0) is 0 Å². The smallest absolute Gasteiger partial charge is 0.193 e. The van der Waals surface area contributed by atoms with E-state index in [-0.39, 0.29) is 5.78 Å². The molecule has 0 fully saturated rings. The Morgan fingerprint density at radius 3 is 2.05 bits per heavy atom. The Morgan fingerprint density at radius 2 is 1.55 bits per heavy atom. The molecule has 0 bridgehead atoms. The number of hydrogen-bond acceptors (Lipinski definition) is 2. The Morgan fingerprint density at radius 1 is 1.05 bits per heavy atom. The topological polar surface area (TPSA) is 17.1 Å². The van der Waals surface area contributed by atoms with Gasteiger partial charge in [0.25, 0.3) is 0 Å². The lowest BCUT2D eigenvalue weighted by Gasteiger charge is -2.10. The summed E-state index contributed by atoms with van der Waals surface area (Å²) in [4.78, 5) is 12.3. The van der Waals surface area contributed by atoms with Gasteiger partial charge in [0.1, 0.15) is 0 Å². The first-order valence-electron chi connectivity index (χ1n) is 6.63. The van der Waals surface area contributed by atoms with E-state index in [1.807, 2.05) is 36.0 Å². The molecule has 0 saturated heterocycles.